The molecule has 0 aromatic carbocycles. The molecule has 1 aliphatic carbocycles. The lowest BCUT2D eigenvalue weighted by Crippen LogP contribution is -2.47. The third-order valence-corrected chi connectivity index (χ3v) is 6.52. The zero-order valence-corrected chi connectivity index (χ0v) is 12.3. The van der Waals surface area contributed by atoms with Crippen LogP contribution in [0.15, 0.2) is 0 Å². The summed E-state index contributed by atoms with van der Waals surface area (Å²) in [5.74, 6) is 1.68. The van der Waals surface area contributed by atoms with Crippen LogP contribution in [0.4, 0.5) is 0 Å². The molecule has 112 valence electrons. The summed E-state index contributed by atoms with van der Waals surface area (Å²) >= 11 is 0. The van der Waals surface area contributed by atoms with E-state index in [-0.39, 0.29) is 17.4 Å². The van der Waals surface area contributed by atoms with Crippen molar-refractivity contribution in [1.29, 1.82) is 0 Å². The molecule has 3 heterocycles. The molecular formula is C16H27N3O. The van der Waals surface area contributed by atoms with Crippen molar-refractivity contribution >= 4 is 5.91 Å². The second-order valence-corrected chi connectivity index (χ2v) is 7.61. The Kier molecular flexibility index (Phi) is 3.08. The molecule has 3 unspecified atom stereocenters. The number of piperidine rings is 2. The number of nitrogens with zero attached hydrogens (tertiary/aromatic N) is 1. The van der Waals surface area contributed by atoms with Gasteiger partial charge < -0.3 is 16.0 Å². The van der Waals surface area contributed by atoms with E-state index in [1.807, 2.05) is 0 Å². The number of rotatable bonds is 2. The van der Waals surface area contributed by atoms with E-state index in [9.17, 15) is 4.79 Å². The van der Waals surface area contributed by atoms with E-state index >= 15 is 0 Å². The molecule has 0 aromatic rings. The second kappa shape index (κ2) is 4.70. The molecule has 4 heteroatoms. The molecule has 5 atom stereocenters. The van der Waals surface area contributed by atoms with Crippen molar-refractivity contribution in [2.75, 3.05) is 19.6 Å². The van der Waals surface area contributed by atoms with Gasteiger partial charge in [0.25, 0.3) is 0 Å². The number of carbonyl (C=O) groups excluding carboxylic acids is 1. The Labute approximate surface area is 121 Å². The Morgan fingerprint density at radius 3 is 2.95 bits per heavy atom. The lowest BCUT2D eigenvalue weighted by atomic mass is 9.83. The standard InChI is InChI=1S/C16H27N3O/c17-15(20)11-5-6-18-16(8-11)9-14(16)12-3-4-13-2-1-7-19(13)10-12/h11-14,18H,1-10H2,(H2,17,20)/t11?,12-,13+,14?,16?/m0/s1. The van der Waals surface area contributed by atoms with Gasteiger partial charge in [0, 0.05) is 24.0 Å². The highest BCUT2D eigenvalue weighted by atomic mass is 16.1. The van der Waals surface area contributed by atoms with Crippen LogP contribution in [0.3, 0.4) is 0 Å². The van der Waals surface area contributed by atoms with Gasteiger partial charge in [-0.15, -0.1) is 0 Å². The number of nitrogens with one attached hydrogen (secondary N) is 1. The molecule has 0 radical (unpaired) electrons. The minimum absolute atomic E-state index is 0.0835. The van der Waals surface area contributed by atoms with Crippen molar-refractivity contribution in [3.63, 3.8) is 0 Å². The number of hydrogen-bond acceptors (Lipinski definition) is 3. The van der Waals surface area contributed by atoms with Crippen LogP contribution in [-0.2, 0) is 4.79 Å². The van der Waals surface area contributed by atoms with Crippen LogP contribution < -0.4 is 11.1 Å². The molecule has 4 rings (SSSR count). The Morgan fingerprint density at radius 2 is 2.10 bits per heavy atom. The molecule has 4 fully saturated rings. The predicted molar refractivity (Wildman–Crippen MR) is 78.1 cm³/mol. The number of primary amides is 1. The number of nitrogens with two attached hydrogens (primary N) is 1. The molecule has 3 aliphatic heterocycles. The fourth-order valence-electron chi connectivity index (χ4n) is 5.33. The molecule has 0 bridgehead atoms. The van der Waals surface area contributed by atoms with Gasteiger partial charge in [-0.3, -0.25) is 4.79 Å². The largest absolute Gasteiger partial charge is 0.369 e. The monoisotopic (exact) mass is 277 g/mol. The smallest absolute Gasteiger partial charge is 0.220 e. The first-order valence-corrected chi connectivity index (χ1v) is 8.46. The van der Waals surface area contributed by atoms with E-state index in [1.165, 1.54) is 45.2 Å². The van der Waals surface area contributed by atoms with E-state index in [1.54, 1.807) is 0 Å². The first-order chi connectivity index (χ1) is 9.68. The molecule has 1 saturated carbocycles. The fourth-order valence-corrected chi connectivity index (χ4v) is 5.33. The first kappa shape index (κ1) is 13.1. The number of fused-ring (bicyclic) bond motifs is 1. The summed E-state index contributed by atoms with van der Waals surface area (Å²) in [5, 5.41) is 3.74. The van der Waals surface area contributed by atoms with Crippen LogP contribution in [0.2, 0.25) is 0 Å². The van der Waals surface area contributed by atoms with E-state index in [4.69, 9.17) is 5.73 Å². The van der Waals surface area contributed by atoms with Gasteiger partial charge in [0.15, 0.2) is 0 Å². The van der Waals surface area contributed by atoms with Crippen molar-refractivity contribution in [3.05, 3.63) is 0 Å². The molecule has 3 N–H and O–H groups in total. The zero-order valence-electron chi connectivity index (χ0n) is 12.3. The summed E-state index contributed by atoms with van der Waals surface area (Å²) < 4.78 is 0. The molecule has 3 saturated heterocycles. The quantitative estimate of drug-likeness (QED) is 0.795. The lowest BCUT2D eigenvalue weighted by molar-refractivity contribution is -0.123. The minimum atomic E-state index is -0.0835. The van der Waals surface area contributed by atoms with Crippen molar-refractivity contribution in [2.24, 2.45) is 23.5 Å². The summed E-state index contributed by atoms with van der Waals surface area (Å²) in [6, 6.07) is 0.888. The Morgan fingerprint density at radius 1 is 1.20 bits per heavy atom. The Balaban J connectivity index is 1.40. The van der Waals surface area contributed by atoms with Crippen LogP contribution in [0, 0.1) is 17.8 Å². The summed E-state index contributed by atoms with van der Waals surface area (Å²) in [7, 11) is 0. The average molecular weight is 277 g/mol. The molecule has 20 heavy (non-hydrogen) atoms. The highest BCUT2D eigenvalue weighted by Crippen LogP contribution is 2.56. The summed E-state index contributed by atoms with van der Waals surface area (Å²) in [6.07, 6.45) is 8.82. The van der Waals surface area contributed by atoms with Crippen molar-refractivity contribution in [1.82, 2.24) is 10.2 Å². The Bertz CT molecular complexity index is 413. The van der Waals surface area contributed by atoms with Gasteiger partial charge in [-0.2, -0.15) is 0 Å². The summed E-state index contributed by atoms with van der Waals surface area (Å²) in [6.45, 7) is 3.60. The van der Waals surface area contributed by atoms with Crippen LogP contribution in [0.5, 0.6) is 0 Å². The van der Waals surface area contributed by atoms with Gasteiger partial charge >= 0.3 is 0 Å². The van der Waals surface area contributed by atoms with Gasteiger partial charge in [-0.05, 0) is 69.9 Å². The van der Waals surface area contributed by atoms with E-state index < -0.39 is 0 Å². The van der Waals surface area contributed by atoms with Crippen molar-refractivity contribution < 1.29 is 4.79 Å². The Hall–Kier alpha value is -0.610. The average Bonchev–Trinajstić information content (AvgIpc) is 2.94. The number of carbonyl (C=O) groups is 1. The van der Waals surface area contributed by atoms with E-state index in [0.29, 0.717) is 0 Å². The van der Waals surface area contributed by atoms with Crippen LogP contribution in [0.1, 0.15) is 44.9 Å². The SMILES string of the molecule is NC(=O)C1CCNC2(C1)CC2[C@H]1CC[C@H]2CCCN2C1. The fraction of sp³-hybridized carbons (Fsp3) is 0.938. The van der Waals surface area contributed by atoms with Gasteiger partial charge in [0.1, 0.15) is 0 Å². The highest BCUT2D eigenvalue weighted by Gasteiger charge is 2.59. The third kappa shape index (κ3) is 2.08. The maximum Gasteiger partial charge on any atom is 0.220 e. The molecule has 1 amide bonds. The zero-order chi connectivity index (χ0) is 13.7. The third-order valence-electron chi connectivity index (χ3n) is 6.52. The van der Waals surface area contributed by atoms with Gasteiger partial charge in [0.2, 0.25) is 5.91 Å². The highest BCUT2D eigenvalue weighted by molar-refractivity contribution is 5.77. The van der Waals surface area contributed by atoms with Crippen LogP contribution in [-0.4, -0.2) is 42.0 Å². The summed E-state index contributed by atoms with van der Waals surface area (Å²) in [4.78, 5) is 14.2. The van der Waals surface area contributed by atoms with Crippen molar-refractivity contribution in [3.8, 4) is 0 Å². The number of hydrogen-bond donors (Lipinski definition) is 2. The predicted octanol–water partition coefficient (Wildman–Crippen LogP) is 1.10. The van der Waals surface area contributed by atoms with E-state index in [2.05, 4.69) is 10.2 Å². The number of amides is 1. The second-order valence-electron chi connectivity index (χ2n) is 7.61. The van der Waals surface area contributed by atoms with E-state index in [0.717, 1.165) is 37.3 Å². The first-order valence-electron chi connectivity index (χ1n) is 8.46. The van der Waals surface area contributed by atoms with Crippen LogP contribution >= 0.6 is 0 Å². The molecular weight excluding hydrogens is 250 g/mol. The minimum Gasteiger partial charge on any atom is -0.369 e. The van der Waals surface area contributed by atoms with Gasteiger partial charge in [-0.25, -0.2) is 0 Å². The molecule has 4 nitrogen and oxygen atoms in total. The molecule has 0 aromatic heterocycles. The van der Waals surface area contributed by atoms with Gasteiger partial charge in [-0.1, -0.05) is 0 Å². The normalized spacial score (nSPS) is 48.2. The summed E-state index contributed by atoms with van der Waals surface area (Å²) in [5.41, 5.74) is 5.81. The van der Waals surface area contributed by atoms with Crippen molar-refractivity contribution in [2.45, 2.75) is 56.5 Å². The topological polar surface area (TPSA) is 58.4 Å². The maximum absolute atomic E-state index is 11.5. The lowest BCUT2D eigenvalue weighted by Gasteiger charge is -2.38. The molecule has 1 spiro atoms. The molecule has 4 aliphatic rings. The maximum atomic E-state index is 11.5. The van der Waals surface area contributed by atoms with Gasteiger partial charge in [0.05, 0.1) is 0 Å². The van der Waals surface area contributed by atoms with Crippen LogP contribution in [0.25, 0.3) is 0 Å².